The molecule has 0 unspecified atom stereocenters. The van der Waals surface area contributed by atoms with Gasteiger partial charge in [-0.15, -0.1) is 11.3 Å². The molecule has 2 N–H and O–H groups in total. The van der Waals surface area contributed by atoms with Crippen LogP contribution in [0.5, 0.6) is 0 Å². The second-order valence-electron chi connectivity index (χ2n) is 2.38. The molecule has 0 aliphatic carbocycles. The Hall–Kier alpha value is -0.190. The first kappa shape index (κ1) is 9.89. The largest absolute Gasteiger partial charge is 0.323 e. The van der Waals surface area contributed by atoms with Crippen molar-refractivity contribution in [2.24, 2.45) is 5.73 Å². The average Bonchev–Trinajstić information content (AvgIpc) is 2.34. The Morgan fingerprint density at radius 3 is 2.58 bits per heavy atom. The van der Waals surface area contributed by atoms with Crippen molar-refractivity contribution in [2.45, 2.75) is 18.9 Å². The topological polar surface area (TPSA) is 26.0 Å². The monoisotopic (exact) mass is 211 g/mol. The highest BCUT2D eigenvalue weighted by molar-refractivity contribution is 7.16. The van der Waals surface area contributed by atoms with Crippen molar-refractivity contribution >= 4 is 22.9 Å². The molecule has 0 bridgehead atoms. The highest BCUT2D eigenvalue weighted by atomic mass is 35.5. The Balaban J connectivity index is 2.58. The lowest BCUT2D eigenvalue weighted by molar-refractivity contribution is 0.129. The van der Waals surface area contributed by atoms with E-state index in [1.807, 2.05) is 0 Å². The average molecular weight is 212 g/mol. The van der Waals surface area contributed by atoms with Gasteiger partial charge in [-0.1, -0.05) is 11.6 Å². The quantitative estimate of drug-likeness (QED) is 0.817. The Kier molecular flexibility index (Phi) is 3.43. The predicted molar refractivity (Wildman–Crippen MR) is 46.9 cm³/mol. The predicted octanol–water partition coefficient (Wildman–Crippen LogP) is 3.06. The van der Waals surface area contributed by atoms with E-state index in [4.69, 9.17) is 17.3 Å². The van der Waals surface area contributed by atoms with Crippen LogP contribution in [0.25, 0.3) is 0 Å². The lowest BCUT2D eigenvalue weighted by atomic mass is 10.2. The SMILES string of the molecule is N[C@H](CC(F)F)c1ccc(Cl)s1. The van der Waals surface area contributed by atoms with E-state index >= 15 is 0 Å². The maximum Gasteiger partial charge on any atom is 0.240 e. The minimum atomic E-state index is -2.36. The molecule has 12 heavy (non-hydrogen) atoms. The Labute approximate surface area is 78.1 Å². The van der Waals surface area contributed by atoms with Gasteiger partial charge in [0.25, 0.3) is 0 Å². The van der Waals surface area contributed by atoms with Gasteiger partial charge < -0.3 is 5.73 Å². The highest BCUT2D eigenvalue weighted by Crippen LogP contribution is 2.28. The number of rotatable bonds is 3. The zero-order valence-corrected chi connectivity index (χ0v) is 7.71. The summed E-state index contributed by atoms with van der Waals surface area (Å²) in [7, 11) is 0. The summed E-state index contributed by atoms with van der Waals surface area (Å²) in [6.07, 6.45) is -2.67. The fraction of sp³-hybridized carbons (Fsp3) is 0.429. The van der Waals surface area contributed by atoms with E-state index < -0.39 is 12.5 Å². The second-order valence-corrected chi connectivity index (χ2v) is 4.12. The minimum absolute atomic E-state index is 0.309. The fourth-order valence-electron chi connectivity index (χ4n) is 0.836. The molecule has 0 spiro atoms. The van der Waals surface area contributed by atoms with E-state index in [0.29, 0.717) is 9.21 Å². The number of hydrogen-bond acceptors (Lipinski definition) is 2. The van der Waals surface area contributed by atoms with E-state index in [1.54, 1.807) is 12.1 Å². The van der Waals surface area contributed by atoms with Crippen LogP contribution in [0, 0.1) is 0 Å². The van der Waals surface area contributed by atoms with E-state index in [1.165, 1.54) is 11.3 Å². The van der Waals surface area contributed by atoms with Crippen molar-refractivity contribution in [3.8, 4) is 0 Å². The molecule has 5 heteroatoms. The molecule has 0 saturated heterocycles. The molecule has 0 aromatic carbocycles. The summed E-state index contributed by atoms with van der Waals surface area (Å²) in [6.45, 7) is 0. The zero-order valence-electron chi connectivity index (χ0n) is 6.14. The van der Waals surface area contributed by atoms with E-state index in [0.717, 1.165) is 0 Å². The molecule has 0 radical (unpaired) electrons. The normalized spacial score (nSPS) is 13.8. The van der Waals surface area contributed by atoms with Gasteiger partial charge >= 0.3 is 0 Å². The lowest BCUT2D eigenvalue weighted by Gasteiger charge is -2.07. The summed E-state index contributed by atoms with van der Waals surface area (Å²) >= 11 is 6.86. The Bertz CT molecular complexity index is 251. The maximum absolute atomic E-state index is 11.9. The molecule has 0 amide bonds. The van der Waals surface area contributed by atoms with Gasteiger partial charge in [0.05, 0.1) is 4.34 Å². The van der Waals surface area contributed by atoms with Crippen molar-refractivity contribution in [1.82, 2.24) is 0 Å². The van der Waals surface area contributed by atoms with Crippen molar-refractivity contribution in [3.05, 3.63) is 21.3 Å². The van der Waals surface area contributed by atoms with Crippen LogP contribution in [0.4, 0.5) is 8.78 Å². The first-order valence-corrected chi connectivity index (χ1v) is 4.58. The van der Waals surface area contributed by atoms with E-state index in [9.17, 15) is 8.78 Å². The number of halogens is 3. The minimum Gasteiger partial charge on any atom is -0.323 e. The van der Waals surface area contributed by atoms with E-state index in [-0.39, 0.29) is 6.42 Å². The Morgan fingerprint density at radius 1 is 1.50 bits per heavy atom. The molecule has 1 aromatic heterocycles. The molecule has 0 saturated carbocycles. The zero-order chi connectivity index (χ0) is 9.14. The molecule has 1 heterocycles. The number of alkyl halides is 2. The summed E-state index contributed by atoms with van der Waals surface area (Å²) in [5.74, 6) is 0. The van der Waals surface area contributed by atoms with Gasteiger partial charge in [-0.25, -0.2) is 8.78 Å². The van der Waals surface area contributed by atoms with Crippen molar-refractivity contribution in [1.29, 1.82) is 0 Å². The molecular weight excluding hydrogens is 204 g/mol. The molecular formula is C7H8ClF2NS. The van der Waals surface area contributed by atoms with Crippen molar-refractivity contribution in [2.75, 3.05) is 0 Å². The summed E-state index contributed by atoms with van der Waals surface area (Å²) in [6, 6.07) is 2.75. The molecule has 1 rings (SSSR count). The third-order valence-electron chi connectivity index (χ3n) is 1.39. The van der Waals surface area contributed by atoms with Crippen LogP contribution < -0.4 is 5.73 Å². The van der Waals surface area contributed by atoms with Crippen molar-refractivity contribution in [3.63, 3.8) is 0 Å². The summed E-state index contributed by atoms with van der Waals surface area (Å²) < 4.78 is 24.3. The second kappa shape index (κ2) is 4.16. The summed E-state index contributed by atoms with van der Waals surface area (Å²) in [4.78, 5) is 0.709. The standard InChI is InChI=1S/C7H8ClF2NS/c8-6-2-1-5(12-6)4(11)3-7(9)10/h1-2,4,7H,3,11H2/t4-/m1/s1. The lowest BCUT2D eigenvalue weighted by Crippen LogP contribution is -2.12. The van der Waals surface area contributed by atoms with E-state index in [2.05, 4.69) is 0 Å². The van der Waals surface area contributed by atoms with Gasteiger partial charge in [0.2, 0.25) is 6.43 Å². The smallest absolute Gasteiger partial charge is 0.240 e. The first-order valence-electron chi connectivity index (χ1n) is 3.38. The Morgan fingerprint density at radius 2 is 2.17 bits per heavy atom. The first-order chi connectivity index (χ1) is 5.59. The highest BCUT2D eigenvalue weighted by Gasteiger charge is 2.14. The number of hydrogen-bond donors (Lipinski definition) is 1. The third-order valence-corrected chi connectivity index (χ3v) is 2.75. The molecule has 0 aliphatic rings. The van der Waals surface area contributed by atoms with Crippen LogP contribution in [0.1, 0.15) is 17.3 Å². The number of nitrogens with two attached hydrogens (primary N) is 1. The van der Waals surface area contributed by atoms with Gasteiger partial charge in [-0.2, -0.15) is 0 Å². The van der Waals surface area contributed by atoms with Crippen LogP contribution in [-0.2, 0) is 0 Å². The molecule has 1 nitrogen and oxygen atoms in total. The summed E-state index contributed by atoms with van der Waals surface area (Å²) in [5.41, 5.74) is 5.48. The van der Waals surface area contributed by atoms with Crippen LogP contribution in [-0.4, -0.2) is 6.43 Å². The van der Waals surface area contributed by atoms with Crippen LogP contribution >= 0.6 is 22.9 Å². The molecule has 0 aliphatic heterocycles. The van der Waals surface area contributed by atoms with Gasteiger partial charge in [-0.05, 0) is 12.1 Å². The number of thiophene rings is 1. The molecule has 1 atom stereocenters. The molecule has 68 valence electrons. The van der Waals surface area contributed by atoms with Crippen LogP contribution in [0.2, 0.25) is 4.34 Å². The van der Waals surface area contributed by atoms with Gasteiger partial charge in [0, 0.05) is 17.3 Å². The van der Waals surface area contributed by atoms with Crippen LogP contribution in [0.15, 0.2) is 12.1 Å². The summed E-state index contributed by atoms with van der Waals surface area (Å²) in [5, 5.41) is 0. The molecule has 1 aromatic rings. The van der Waals surface area contributed by atoms with Gasteiger partial charge in [-0.3, -0.25) is 0 Å². The van der Waals surface area contributed by atoms with Gasteiger partial charge in [0.15, 0.2) is 0 Å². The molecule has 0 fully saturated rings. The van der Waals surface area contributed by atoms with Gasteiger partial charge in [0.1, 0.15) is 0 Å². The van der Waals surface area contributed by atoms with Crippen LogP contribution in [0.3, 0.4) is 0 Å². The third kappa shape index (κ3) is 2.69. The van der Waals surface area contributed by atoms with Crippen molar-refractivity contribution < 1.29 is 8.78 Å². The maximum atomic E-state index is 11.9. The fourth-order valence-corrected chi connectivity index (χ4v) is 1.91.